The number of aliphatic hydroxyl groups is 1. The van der Waals surface area contributed by atoms with Crippen LogP contribution in [0.25, 0.3) is 0 Å². The summed E-state index contributed by atoms with van der Waals surface area (Å²) < 4.78 is 0. The van der Waals surface area contributed by atoms with E-state index in [2.05, 4.69) is 0 Å². The van der Waals surface area contributed by atoms with Crippen LogP contribution in [-0.4, -0.2) is 11.2 Å². The van der Waals surface area contributed by atoms with Gasteiger partial charge < -0.3 is 5.11 Å². The molecule has 0 amide bonds. The van der Waals surface area contributed by atoms with E-state index in [9.17, 15) is 5.11 Å². The first-order chi connectivity index (χ1) is 4.34. The summed E-state index contributed by atoms with van der Waals surface area (Å²) in [7, 11) is 0. The lowest BCUT2D eigenvalue weighted by Gasteiger charge is -2.18. The zero-order valence-electron chi connectivity index (χ0n) is 5.31. The highest BCUT2D eigenvalue weighted by atomic mass is 35.5. The Morgan fingerprint density at radius 3 is 2.78 bits per heavy atom. The summed E-state index contributed by atoms with van der Waals surface area (Å²) in [5, 5.41) is 9.22. The van der Waals surface area contributed by atoms with Gasteiger partial charge in [-0.1, -0.05) is 18.0 Å². The zero-order valence-corrected chi connectivity index (χ0v) is 6.06. The normalized spacial score (nSPS) is 33.1. The molecule has 0 saturated heterocycles. The van der Waals surface area contributed by atoms with Crippen LogP contribution < -0.4 is 0 Å². The van der Waals surface area contributed by atoms with Crippen molar-refractivity contribution in [3.05, 3.63) is 11.1 Å². The zero-order chi connectivity index (χ0) is 6.69. The Balaban J connectivity index is 2.49. The summed E-state index contributed by atoms with van der Waals surface area (Å²) in [5.74, 6) is 0. The highest BCUT2D eigenvalue weighted by Gasteiger charge is 2.14. The molecule has 0 bridgehead atoms. The third kappa shape index (κ3) is 1.70. The fraction of sp³-hybridized carbons (Fsp3) is 0.714. The minimum Gasteiger partial charge on any atom is -0.389 e. The Kier molecular flexibility index (Phi) is 2.55. The van der Waals surface area contributed by atoms with Crippen molar-refractivity contribution < 1.29 is 5.11 Å². The molecule has 0 aliphatic heterocycles. The number of rotatable bonds is 0. The second-order valence-electron chi connectivity index (χ2n) is 2.45. The van der Waals surface area contributed by atoms with E-state index in [1.807, 2.05) is 0 Å². The van der Waals surface area contributed by atoms with Crippen molar-refractivity contribution in [2.75, 3.05) is 0 Å². The number of hydrogen-bond donors (Lipinski definition) is 1. The maximum absolute atomic E-state index is 9.22. The van der Waals surface area contributed by atoms with Gasteiger partial charge in [0.2, 0.25) is 0 Å². The number of halogens is 1. The number of aliphatic hydroxyl groups excluding tert-OH is 1. The molecule has 1 atom stereocenters. The Labute approximate surface area is 60.3 Å². The number of hydrogen-bond acceptors (Lipinski definition) is 1. The second-order valence-corrected chi connectivity index (χ2v) is 2.66. The first-order valence-electron chi connectivity index (χ1n) is 3.32. The molecular weight excluding hydrogens is 136 g/mol. The van der Waals surface area contributed by atoms with Crippen molar-refractivity contribution in [2.45, 2.75) is 31.8 Å². The average Bonchev–Trinajstić information content (AvgIpc) is 1.89. The van der Waals surface area contributed by atoms with Crippen LogP contribution >= 0.6 is 11.6 Å². The van der Waals surface area contributed by atoms with Crippen molar-refractivity contribution in [3.8, 4) is 0 Å². The van der Waals surface area contributed by atoms with Gasteiger partial charge in [0.25, 0.3) is 0 Å². The molecule has 1 unspecified atom stereocenters. The molecule has 0 aromatic rings. The van der Waals surface area contributed by atoms with Crippen LogP contribution in [0, 0.1) is 0 Å². The molecule has 1 saturated carbocycles. The SMILES string of the molecule is OC1CCCC/C1=C\Cl. The minimum atomic E-state index is -0.253. The maximum atomic E-state index is 9.22. The van der Waals surface area contributed by atoms with Crippen LogP contribution in [0.3, 0.4) is 0 Å². The van der Waals surface area contributed by atoms with Gasteiger partial charge in [0.15, 0.2) is 0 Å². The molecule has 0 spiro atoms. The second kappa shape index (κ2) is 3.23. The highest BCUT2D eigenvalue weighted by molar-refractivity contribution is 6.25. The van der Waals surface area contributed by atoms with Crippen LogP contribution in [0.1, 0.15) is 25.7 Å². The third-order valence-corrected chi connectivity index (χ3v) is 2.04. The van der Waals surface area contributed by atoms with E-state index in [-0.39, 0.29) is 6.10 Å². The van der Waals surface area contributed by atoms with Gasteiger partial charge in [0.05, 0.1) is 6.10 Å². The van der Waals surface area contributed by atoms with E-state index >= 15 is 0 Å². The first-order valence-corrected chi connectivity index (χ1v) is 3.75. The smallest absolute Gasteiger partial charge is 0.0761 e. The van der Waals surface area contributed by atoms with Crippen LogP contribution in [0.15, 0.2) is 11.1 Å². The summed E-state index contributed by atoms with van der Waals surface area (Å²) in [6.07, 6.45) is 3.92. The van der Waals surface area contributed by atoms with Crippen molar-refractivity contribution >= 4 is 11.6 Å². The minimum absolute atomic E-state index is 0.253. The molecular formula is C7H11ClO. The van der Waals surface area contributed by atoms with Gasteiger partial charge in [-0.05, 0) is 24.8 Å². The lowest BCUT2D eigenvalue weighted by atomic mass is 9.94. The molecule has 1 rings (SSSR count). The summed E-state index contributed by atoms with van der Waals surface area (Å²) in [4.78, 5) is 0. The molecule has 0 aromatic carbocycles. The van der Waals surface area contributed by atoms with Gasteiger partial charge in [-0.2, -0.15) is 0 Å². The fourth-order valence-corrected chi connectivity index (χ4v) is 1.40. The molecule has 0 heterocycles. The fourth-order valence-electron chi connectivity index (χ4n) is 1.15. The lowest BCUT2D eigenvalue weighted by molar-refractivity contribution is 0.179. The van der Waals surface area contributed by atoms with Crippen molar-refractivity contribution in [3.63, 3.8) is 0 Å². The van der Waals surface area contributed by atoms with E-state index in [1.165, 1.54) is 12.0 Å². The molecule has 1 N–H and O–H groups in total. The van der Waals surface area contributed by atoms with E-state index in [0.717, 1.165) is 24.8 Å². The monoisotopic (exact) mass is 146 g/mol. The van der Waals surface area contributed by atoms with E-state index in [1.54, 1.807) is 0 Å². The van der Waals surface area contributed by atoms with Crippen molar-refractivity contribution in [2.24, 2.45) is 0 Å². The first kappa shape index (κ1) is 7.10. The molecule has 2 heteroatoms. The standard InChI is InChI=1S/C7H11ClO/c8-5-6-3-1-2-4-7(6)9/h5,7,9H,1-4H2/b6-5+. The Morgan fingerprint density at radius 2 is 2.33 bits per heavy atom. The van der Waals surface area contributed by atoms with Crippen molar-refractivity contribution in [1.82, 2.24) is 0 Å². The molecule has 0 radical (unpaired) electrons. The maximum Gasteiger partial charge on any atom is 0.0761 e. The molecule has 9 heavy (non-hydrogen) atoms. The molecule has 1 nitrogen and oxygen atoms in total. The van der Waals surface area contributed by atoms with Crippen LogP contribution in [-0.2, 0) is 0 Å². The summed E-state index contributed by atoms with van der Waals surface area (Å²) in [6.45, 7) is 0. The van der Waals surface area contributed by atoms with Gasteiger partial charge >= 0.3 is 0 Å². The molecule has 52 valence electrons. The summed E-state index contributed by atoms with van der Waals surface area (Å²) in [5.41, 5.74) is 2.52. The quantitative estimate of drug-likeness (QED) is 0.555. The summed E-state index contributed by atoms with van der Waals surface area (Å²) in [6, 6.07) is 0. The topological polar surface area (TPSA) is 20.2 Å². The Bertz CT molecular complexity index is 120. The van der Waals surface area contributed by atoms with Gasteiger partial charge in [0.1, 0.15) is 0 Å². The summed E-state index contributed by atoms with van der Waals surface area (Å²) >= 11 is 5.45. The highest BCUT2D eigenvalue weighted by Crippen LogP contribution is 2.23. The molecule has 1 aliphatic carbocycles. The predicted molar refractivity (Wildman–Crippen MR) is 38.4 cm³/mol. The van der Waals surface area contributed by atoms with E-state index < -0.39 is 0 Å². The van der Waals surface area contributed by atoms with Gasteiger partial charge in [0, 0.05) is 5.54 Å². The molecule has 1 fully saturated rings. The van der Waals surface area contributed by atoms with Gasteiger partial charge in [-0.25, -0.2) is 0 Å². The van der Waals surface area contributed by atoms with E-state index in [0.29, 0.717) is 0 Å². The third-order valence-electron chi connectivity index (χ3n) is 1.76. The van der Waals surface area contributed by atoms with E-state index in [4.69, 9.17) is 11.6 Å². The van der Waals surface area contributed by atoms with Crippen molar-refractivity contribution in [1.29, 1.82) is 0 Å². The predicted octanol–water partition coefficient (Wildman–Crippen LogP) is 2.04. The van der Waals surface area contributed by atoms with Crippen LogP contribution in [0.5, 0.6) is 0 Å². The largest absolute Gasteiger partial charge is 0.389 e. The van der Waals surface area contributed by atoms with Crippen LogP contribution in [0.2, 0.25) is 0 Å². The Morgan fingerprint density at radius 1 is 1.56 bits per heavy atom. The Hall–Kier alpha value is -0.0100. The average molecular weight is 147 g/mol. The van der Waals surface area contributed by atoms with Gasteiger partial charge in [-0.15, -0.1) is 0 Å². The van der Waals surface area contributed by atoms with Gasteiger partial charge in [-0.3, -0.25) is 0 Å². The molecule has 0 aromatic heterocycles. The lowest BCUT2D eigenvalue weighted by Crippen LogP contribution is -2.14. The van der Waals surface area contributed by atoms with Crippen LogP contribution in [0.4, 0.5) is 0 Å². The molecule has 1 aliphatic rings.